The molecule has 0 spiro atoms. The second kappa shape index (κ2) is 7.59. The SMILES string of the molecule is N#CCC1(N2CCC(N[C@@H]3C[C@H]3c3ccccc3)CC2)CN(CC(=O)O)C1. The number of hydrogen-bond donors (Lipinski definition) is 2. The van der Waals surface area contributed by atoms with Gasteiger partial charge in [0.15, 0.2) is 0 Å². The van der Waals surface area contributed by atoms with Crippen molar-refractivity contribution in [1.82, 2.24) is 15.1 Å². The largest absolute Gasteiger partial charge is 0.480 e. The van der Waals surface area contributed by atoms with Crippen LogP contribution in [0.2, 0.25) is 0 Å². The number of carboxylic acids is 1. The van der Waals surface area contributed by atoms with Gasteiger partial charge in [-0.2, -0.15) is 5.26 Å². The van der Waals surface area contributed by atoms with Gasteiger partial charge in [0.25, 0.3) is 0 Å². The maximum absolute atomic E-state index is 10.9. The van der Waals surface area contributed by atoms with E-state index in [9.17, 15) is 10.1 Å². The number of nitrogens with zero attached hydrogens (tertiary/aromatic N) is 3. The molecule has 2 heterocycles. The molecule has 1 aliphatic carbocycles. The smallest absolute Gasteiger partial charge is 0.317 e. The van der Waals surface area contributed by atoms with Crippen LogP contribution >= 0.6 is 0 Å². The number of carboxylic acid groups (broad SMARTS) is 1. The standard InChI is InChI=1S/C21H28N4O2/c22-9-8-21(14-24(15-21)13-20(26)27)25-10-6-17(7-11-25)23-19-12-18(19)16-4-2-1-3-5-16/h1-5,17-19,23H,6-8,10-15H2,(H,26,27)/t18-,19+/m0/s1. The predicted molar refractivity (Wildman–Crippen MR) is 102 cm³/mol. The summed E-state index contributed by atoms with van der Waals surface area (Å²) in [5, 5.41) is 22.1. The first-order valence-electron chi connectivity index (χ1n) is 9.97. The Morgan fingerprint density at radius 3 is 2.59 bits per heavy atom. The number of carbonyl (C=O) groups is 1. The van der Waals surface area contributed by atoms with Gasteiger partial charge in [-0.3, -0.25) is 14.6 Å². The number of nitriles is 1. The summed E-state index contributed by atoms with van der Waals surface area (Å²) in [7, 11) is 0. The lowest BCUT2D eigenvalue weighted by atomic mass is 9.82. The zero-order valence-corrected chi connectivity index (χ0v) is 15.7. The normalized spacial score (nSPS) is 28.3. The van der Waals surface area contributed by atoms with Gasteiger partial charge in [-0.15, -0.1) is 0 Å². The minimum atomic E-state index is -0.791. The third kappa shape index (κ3) is 4.01. The Morgan fingerprint density at radius 1 is 1.26 bits per heavy atom. The molecule has 144 valence electrons. The van der Waals surface area contributed by atoms with Crippen molar-refractivity contribution in [2.24, 2.45) is 0 Å². The van der Waals surface area contributed by atoms with Crippen molar-refractivity contribution in [3.05, 3.63) is 35.9 Å². The molecule has 27 heavy (non-hydrogen) atoms. The van der Waals surface area contributed by atoms with Crippen molar-refractivity contribution in [2.45, 2.75) is 49.2 Å². The first-order chi connectivity index (χ1) is 13.1. The zero-order chi connectivity index (χ0) is 18.9. The van der Waals surface area contributed by atoms with Gasteiger partial charge in [0.2, 0.25) is 0 Å². The molecule has 3 fully saturated rings. The highest BCUT2D eigenvalue weighted by Gasteiger charge is 2.49. The molecule has 0 unspecified atom stereocenters. The Balaban J connectivity index is 1.25. The van der Waals surface area contributed by atoms with E-state index in [-0.39, 0.29) is 12.1 Å². The van der Waals surface area contributed by atoms with Crippen molar-refractivity contribution in [1.29, 1.82) is 5.26 Å². The fraction of sp³-hybridized carbons (Fsp3) is 0.619. The molecule has 1 aromatic rings. The lowest BCUT2D eigenvalue weighted by molar-refractivity contribution is -0.143. The minimum Gasteiger partial charge on any atom is -0.480 e. The molecule has 0 amide bonds. The fourth-order valence-electron chi connectivity index (χ4n) is 4.93. The number of likely N-dealkylation sites (tertiary alicyclic amines) is 2. The number of aliphatic carboxylic acids is 1. The van der Waals surface area contributed by atoms with Crippen LogP contribution in [-0.4, -0.2) is 71.2 Å². The topological polar surface area (TPSA) is 79.6 Å². The first-order valence-corrected chi connectivity index (χ1v) is 9.97. The van der Waals surface area contributed by atoms with Crippen LogP contribution in [0, 0.1) is 11.3 Å². The Hall–Kier alpha value is -1.94. The molecule has 2 saturated heterocycles. The van der Waals surface area contributed by atoms with Crippen molar-refractivity contribution in [3.63, 3.8) is 0 Å². The molecule has 1 aromatic carbocycles. The van der Waals surface area contributed by atoms with Gasteiger partial charge >= 0.3 is 5.97 Å². The number of piperidine rings is 1. The molecule has 0 radical (unpaired) electrons. The summed E-state index contributed by atoms with van der Waals surface area (Å²) in [6, 6.07) is 14.2. The summed E-state index contributed by atoms with van der Waals surface area (Å²) in [5.74, 6) is -0.133. The second-order valence-corrected chi connectivity index (χ2v) is 8.39. The van der Waals surface area contributed by atoms with Crippen LogP contribution in [0.4, 0.5) is 0 Å². The highest BCUT2D eigenvalue weighted by atomic mass is 16.4. The minimum absolute atomic E-state index is 0.0771. The molecule has 2 N–H and O–H groups in total. The van der Waals surface area contributed by atoms with Crippen molar-refractivity contribution in [3.8, 4) is 6.07 Å². The fourth-order valence-corrected chi connectivity index (χ4v) is 4.93. The highest BCUT2D eigenvalue weighted by molar-refractivity contribution is 5.69. The van der Waals surface area contributed by atoms with Crippen molar-refractivity contribution in [2.75, 3.05) is 32.7 Å². The maximum atomic E-state index is 10.9. The summed E-state index contributed by atoms with van der Waals surface area (Å²) >= 11 is 0. The molecule has 6 nitrogen and oxygen atoms in total. The van der Waals surface area contributed by atoms with Crippen LogP contribution in [0.15, 0.2) is 30.3 Å². The molecule has 0 aromatic heterocycles. The molecule has 6 heteroatoms. The average Bonchev–Trinajstić information content (AvgIpc) is 3.40. The van der Waals surface area contributed by atoms with Gasteiger partial charge < -0.3 is 10.4 Å². The highest BCUT2D eigenvalue weighted by Crippen LogP contribution is 2.41. The third-order valence-electron chi connectivity index (χ3n) is 6.44. The second-order valence-electron chi connectivity index (χ2n) is 8.39. The Kier molecular flexibility index (Phi) is 5.18. The maximum Gasteiger partial charge on any atom is 0.317 e. The third-order valence-corrected chi connectivity index (χ3v) is 6.44. The molecule has 0 bridgehead atoms. The number of rotatable bonds is 7. The van der Waals surface area contributed by atoms with Crippen molar-refractivity contribution >= 4 is 5.97 Å². The summed E-state index contributed by atoms with van der Waals surface area (Å²) in [5.41, 5.74) is 1.30. The molecule has 2 aliphatic heterocycles. The number of benzene rings is 1. The van der Waals surface area contributed by atoms with E-state index in [0.717, 1.165) is 25.9 Å². The summed E-state index contributed by atoms with van der Waals surface area (Å²) < 4.78 is 0. The van der Waals surface area contributed by atoms with Gasteiger partial charge in [0.05, 0.1) is 24.6 Å². The Labute approximate surface area is 160 Å². The van der Waals surface area contributed by atoms with E-state index >= 15 is 0 Å². The van der Waals surface area contributed by atoms with Crippen LogP contribution in [0.1, 0.15) is 37.2 Å². The summed E-state index contributed by atoms with van der Waals surface area (Å²) in [4.78, 5) is 15.3. The van der Waals surface area contributed by atoms with Crippen LogP contribution in [0.3, 0.4) is 0 Å². The van der Waals surface area contributed by atoms with Gasteiger partial charge in [-0.25, -0.2) is 0 Å². The van der Waals surface area contributed by atoms with Crippen LogP contribution in [-0.2, 0) is 4.79 Å². The van der Waals surface area contributed by atoms with Gasteiger partial charge in [0.1, 0.15) is 0 Å². The predicted octanol–water partition coefficient (Wildman–Crippen LogP) is 1.65. The van der Waals surface area contributed by atoms with Gasteiger partial charge in [-0.1, -0.05) is 30.3 Å². The van der Waals surface area contributed by atoms with E-state index in [1.807, 2.05) is 4.90 Å². The zero-order valence-electron chi connectivity index (χ0n) is 15.7. The average molecular weight is 368 g/mol. The van der Waals surface area contributed by atoms with Gasteiger partial charge in [-0.05, 0) is 24.8 Å². The van der Waals surface area contributed by atoms with Crippen LogP contribution in [0.25, 0.3) is 0 Å². The van der Waals surface area contributed by atoms with Gasteiger partial charge in [0, 0.05) is 44.2 Å². The first kappa shape index (κ1) is 18.4. The van der Waals surface area contributed by atoms with Crippen molar-refractivity contribution < 1.29 is 9.90 Å². The number of hydrogen-bond acceptors (Lipinski definition) is 5. The molecule has 1 saturated carbocycles. The Bertz CT molecular complexity index is 703. The molecule has 4 rings (SSSR count). The monoisotopic (exact) mass is 368 g/mol. The summed E-state index contributed by atoms with van der Waals surface area (Å²) in [6.07, 6.45) is 3.92. The van der Waals surface area contributed by atoms with E-state index in [1.165, 1.54) is 12.0 Å². The van der Waals surface area contributed by atoms with E-state index in [2.05, 4.69) is 46.6 Å². The van der Waals surface area contributed by atoms with Crippen LogP contribution < -0.4 is 5.32 Å². The number of nitrogens with one attached hydrogen (secondary N) is 1. The molecular weight excluding hydrogens is 340 g/mol. The lowest BCUT2D eigenvalue weighted by Crippen LogP contribution is -2.71. The molecule has 2 atom stereocenters. The molecule has 3 aliphatic rings. The Morgan fingerprint density at radius 2 is 1.96 bits per heavy atom. The van der Waals surface area contributed by atoms with E-state index in [0.29, 0.717) is 37.5 Å². The van der Waals surface area contributed by atoms with E-state index < -0.39 is 5.97 Å². The van der Waals surface area contributed by atoms with E-state index in [1.54, 1.807) is 0 Å². The summed E-state index contributed by atoms with van der Waals surface area (Å²) in [6.45, 7) is 3.45. The molecular formula is C21H28N4O2. The quantitative estimate of drug-likeness (QED) is 0.762. The van der Waals surface area contributed by atoms with E-state index in [4.69, 9.17) is 5.11 Å². The lowest BCUT2D eigenvalue weighted by Gasteiger charge is -2.56. The van der Waals surface area contributed by atoms with Crippen LogP contribution in [0.5, 0.6) is 0 Å².